The van der Waals surface area contributed by atoms with Gasteiger partial charge in [-0.05, 0) is 42.5 Å². The minimum absolute atomic E-state index is 0.00892. The Hall–Kier alpha value is -3.00. The Balaban J connectivity index is 1.78. The van der Waals surface area contributed by atoms with Gasteiger partial charge in [-0.1, -0.05) is 0 Å². The first-order valence-corrected chi connectivity index (χ1v) is 9.40. The van der Waals surface area contributed by atoms with Crippen LogP contribution < -0.4 is 20.1 Å². The molecule has 1 amide bonds. The zero-order valence-electron chi connectivity index (χ0n) is 14.4. The molecule has 0 saturated heterocycles. The molecular formula is C16H11F6N3O4S. The number of ether oxygens (including phenoxy) is 1. The lowest BCUT2D eigenvalue weighted by Gasteiger charge is -2.27. The van der Waals surface area contributed by atoms with Gasteiger partial charge in [0.05, 0.1) is 11.3 Å². The van der Waals surface area contributed by atoms with Gasteiger partial charge < -0.3 is 15.4 Å². The van der Waals surface area contributed by atoms with E-state index < -0.39 is 56.5 Å². The maximum Gasteiger partial charge on any atom is 0.573 e. The number of anilines is 2. The van der Waals surface area contributed by atoms with Crippen molar-refractivity contribution in [1.29, 1.82) is 0 Å². The lowest BCUT2D eigenvalue weighted by molar-refractivity contribution is -0.274. The van der Waals surface area contributed by atoms with Crippen LogP contribution in [0.3, 0.4) is 0 Å². The summed E-state index contributed by atoms with van der Waals surface area (Å²) >= 11 is 0. The number of hydrogen-bond acceptors (Lipinski definition) is 5. The normalized spacial score (nSPS) is 18.1. The van der Waals surface area contributed by atoms with Gasteiger partial charge in [0.25, 0.3) is 5.91 Å². The number of rotatable bonds is 3. The zero-order chi connectivity index (χ0) is 22.3. The Labute approximate surface area is 165 Å². The van der Waals surface area contributed by atoms with Crippen molar-refractivity contribution in [3.63, 3.8) is 0 Å². The molecule has 2 aromatic rings. The van der Waals surface area contributed by atoms with Crippen LogP contribution in [0.4, 0.5) is 37.7 Å². The van der Waals surface area contributed by atoms with Crippen molar-refractivity contribution in [2.24, 2.45) is 0 Å². The Kier molecular flexibility index (Phi) is 5.32. The highest BCUT2D eigenvalue weighted by Gasteiger charge is 2.37. The van der Waals surface area contributed by atoms with Crippen LogP contribution in [0.1, 0.15) is 5.56 Å². The van der Waals surface area contributed by atoms with Gasteiger partial charge in [0, 0.05) is 5.69 Å². The molecule has 7 nitrogen and oxygen atoms in total. The molecule has 0 fully saturated rings. The molecule has 0 aromatic heterocycles. The average Bonchev–Trinajstić information content (AvgIpc) is 2.60. The van der Waals surface area contributed by atoms with E-state index in [2.05, 4.69) is 15.4 Å². The van der Waals surface area contributed by atoms with Crippen molar-refractivity contribution in [2.75, 3.05) is 10.6 Å². The summed E-state index contributed by atoms with van der Waals surface area (Å²) in [5.41, 5.74) is -1.56. The second-order valence-electron chi connectivity index (χ2n) is 5.97. The van der Waals surface area contributed by atoms with Crippen LogP contribution in [0.5, 0.6) is 5.75 Å². The van der Waals surface area contributed by atoms with Crippen LogP contribution in [0, 0.1) is 0 Å². The molecule has 162 valence electrons. The summed E-state index contributed by atoms with van der Waals surface area (Å²) in [5, 5.41) is 4.58. The van der Waals surface area contributed by atoms with Crippen molar-refractivity contribution >= 4 is 27.3 Å². The Morgan fingerprint density at radius 3 is 2.20 bits per heavy atom. The number of halogens is 6. The largest absolute Gasteiger partial charge is 0.573 e. The maximum atomic E-state index is 12.9. The highest BCUT2D eigenvalue weighted by molar-refractivity contribution is 7.89. The van der Waals surface area contributed by atoms with E-state index in [-0.39, 0.29) is 5.69 Å². The van der Waals surface area contributed by atoms with E-state index >= 15 is 0 Å². The van der Waals surface area contributed by atoms with Crippen LogP contribution in [0.2, 0.25) is 0 Å². The van der Waals surface area contributed by atoms with Crippen molar-refractivity contribution in [2.45, 2.75) is 23.6 Å². The van der Waals surface area contributed by atoms with Gasteiger partial charge in [0.2, 0.25) is 10.0 Å². The highest BCUT2D eigenvalue weighted by atomic mass is 32.2. The summed E-state index contributed by atoms with van der Waals surface area (Å²) in [7, 11) is -4.30. The quantitative estimate of drug-likeness (QED) is 0.618. The van der Waals surface area contributed by atoms with E-state index in [0.717, 1.165) is 30.3 Å². The molecule has 0 radical (unpaired) electrons. The molecule has 0 aliphatic carbocycles. The minimum atomic E-state index is -4.91. The number of fused-ring (bicyclic) bond motifs is 1. The SMILES string of the molecule is O=C(Nc1ccc(OC(F)(F)F)cc1)[C@@H]1Nc2cc(C(F)(F)F)ccc2S(=O)(=O)N1. The first kappa shape index (κ1) is 21.7. The third-order valence-electron chi connectivity index (χ3n) is 3.79. The Morgan fingerprint density at radius 1 is 1.00 bits per heavy atom. The highest BCUT2D eigenvalue weighted by Crippen LogP contribution is 2.35. The monoisotopic (exact) mass is 455 g/mol. The second kappa shape index (κ2) is 7.36. The van der Waals surface area contributed by atoms with Crippen LogP contribution in [-0.2, 0) is 21.0 Å². The first-order chi connectivity index (χ1) is 13.7. The molecule has 14 heteroatoms. The molecule has 0 unspecified atom stereocenters. The van der Waals surface area contributed by atoms with E-state index in [1.165, 1.54) is 0 Å². The molecule has 1 atom stereocenters. The van der Waals surface area contributed by atoms with E-state index in [9.17, 15) is 39.6 Å². The van der Waals surface area contributed by atoms with Gasteiger partial charge in [-0.15, -0.1) is 13.2 Å². The lowest BCUT2D eigenvalue weighted by atomic mass is 10.2. The molecular weight excluding hydrogens is 444 g/mol. The van der Waals surface area contributed by atoms with Crippen molar-refractivity contribution in [3.8, 4) is 5.75 Å². The van der Waals surface area contributed by atoms with E-state index in [1.807, 2.05) is 4.72 Å². The summed E-state index contributed by atoms with van der Waals surface area (Å²) in [6.45, 7) is 0. The topological polar surface area (TPSA) is 96.5 Å². The predicted molar refractivity (Wildman–Crippen MR) is 90.9 cm³/mol. The second-order valence-corrected chi connectivity index (χ2v) is 7.65. The van der Waals surface area contributed by atoms with E-state index in [0.29, 0.717) is 12.1 Å². The zero-order valence-corrected chi connectivity index (χ0v) is 15.2. The molecule has 30 heavy (non-hydrogen) atoms. The molecule has 0 saturated carbocycles. The Morgan fingerprint density at radius 2 is 1.63 bits per heavy atom. The summed E-state index contributed by atoms with van der Waals surface area (Å²) in [5.74, 6) is -1.56. The first-order valence-electron chi connectivity index (χ1n) is 7.91. The predicted octanol–water partition coefficient (Wildman–Crippen LogP) is 3.27. The van der Waals surface area contributed by atoms with Crippen molar-refractivity contribution in [3.05, 3.63) is 48.0 Å². The molecule has 1 aliphatic rings. The Bertz CT molecular complexity index is 1070. The lowest BCUT2D eigenvalue weighted by Crippen LogP contribution is -2.51. The smallest absolute Gasteiger partial charge is 0.406 e. The standard InChI is InChI=1S/C16H11F6N3O4S/c17-15(18,19)8-1-6-12-11(7-8)24-13(25-30(12,27)28)14(26)23-9-2-4-10(5-3-9)29-16(20,21)22/h1-7,13,24-25H,(H,23,26)/t13-/m1/s1. The van der Waals surface area contributed by atoms with Gasteiger partial charge >= 0.3 is 12.5 Å². The summed E-state index contributed by atoms with van der Waals surface area (Å²) < 4.78 is 105. The molecule has 1 aliphatic heterocycles. The summed E-state index contributed by atoms with van der Waals surface area (Å²) in [6, 6.07) is 5.83. The average molecular weight is 455 g/mol. The fraction of sp³-hybridized carbons (Fsp3) is 0.188. The number of nitrogens with one attached hydrogen (secondary N) is 3. The van der Waals surface area contributed by atoms with Gasteiger partial charge in [0.1, 0.15) is 10.6 Å². The van der Waals surface area contributed by atoms with E-state index in [1.54, 1.807) is 0 Å². The number of amides is 1. The van der Waals surface area contributed by atoms with Gasteiger partial charge in [-0.25, -0.2) is 8.42 Å². The van der Waals surface area contributed by atoms with Gasteiger partial charge in [-0.2, -0.15) is 17.9 Å². The molecule has 3 rings (SSSR count). The molecule has 3 N–H and O–H groups in total. The summed E-state index contributed by atoms with van der Waals surface area (Å²) in [4.78, 5) is 11.8. The van der Waals surface area contributed by atoms with Gasteiger partial charge in [-0.3, -0.25) is 4.79 Å². The third-order valence-corrected chi connectivity index (χ3v) is 5.27. The van der Waals surface area contributed by atoms with Crippen LogP contribution >= 0.6 is 0 Å². The number of carbonyl (C=O) groups is 1. The molecule has 0 spiro atoms. The summed E-state index contributed by atoms with van der Waals surface area (Å²) in [6.07, 6.45) is -11.3. The third kappa shape index (κ3) is 4.94. The fourth-order valence-corrected chi connectivity index (χ4v) is 3.79. The number of alkyl halides is 6. The van der Waals surface area contributed by atoms with E-state index in [4.69, 9.17) is 0 Å². The molecule has 2 aromatic carbocycles. The number of sulfonamides is 1. The molecule has 0 bridgehead atoms. The minimum Gasteiger partial charge on any atom is -0.406 e. The number of hydrogen-bond donors (Lipinski definition) is 3. The van der Waals surface area contributed by atoms with Crippen molar-refractivity contribution < 1.29 is 44.3 Å². The van der Waals surface area contributed by atoms with Crippen LogP contribution in [0.25, 0.3) is 0 Å². The van der Waals surface area contributed by atoms with Crippen molar-refractivity contribution in [1.82, 2.24) is 4.72 Å². The van der Waals surface area contributed by atoms with Crippen LogP contribution in [-0.4, -0.2) is 26.9 Å². The van der Waals surface area contributed by atoms with Gasteiger partial charge in [0.15, 0.2) is 6.17 Å². The number of benzene rings is 2. The fourth-order valence-electron chi connectivity index (χ4n) is 2.53. The maximum absolute atomic E-state index is 12.9. The molecule has 1 heterocycles. The number of carbonyl (C=O) groups excluding carboxylic acids is 1. The van der Waals surface area contributed by atoms with Crippen LogP contribution in [0.15, 0.2) is 47.4 Å².